The van der Waals surface area contributed by atoms with E-state index in [0.717, 1.165) is 22.0 Å². The van der Waals surface area contributed by atoms with E-state index in [9.17, 15) is 4.79 Å². The van der Waals surface area contributed by atoms with Gasteiger partial charge in [0.15, 0.2) is 5.78 Å². The molecule has 3 heteroatoms. The number of halogens is 2. The molecule has 0 bridgehead atoms. The SMILES string of the molecule is O=C(c1ccc(I)c(Cl)c1)c1ccc2c(c1)CCC2. The van der Waals surface area contributed by atoms with Crippen LogP contribution in [0.1, 0.15) is 33.5 Å². The number of aryl methyl sites for hydroxylation is 2. The molecule has 0 radical (unpaired) electrons. The lowest BCUT2D eigenvalue weighted by Crippen LogP contribution is -2.02. The highest BCUT2D eigenvalue weighted by atomic mass is 127. The fraction of sp³-hybridized carbons (Fsp3) is 0.188. The highest BCUT2D eigenvalue weighted by molar-refractivity contribution is 14.1. The van der Waals surface area contributed by atoms with Crippen LogP contribution >= 0.6 is 34.2 Å². The van der Waals surface area contributed by atoms with E-state index in [0.29, 0.717) is 10.6 Å². The minimum atomic E-state index is 0.0491. The van der Waals surface area contributed by atoms with Crippen molar-refractivity contribution in [2.75, 3.05) is 0 Å². The quantitative estimate of drug-likeness (QED) is 0.545. The summed E-state index contributed by atoms with van der Waals surface area (Å²) < 4.78 is 0.963. The van der Waals surface area contributed by atoms with E-state index in [1.807, 2.05) is 24.3 Å². The van der Waals surface area contributed by atoms with Crippen molar-refractivity contribution in [1.29, 1.82) is 0 Å². The number of rotatable bonds is 2. The fourth-order valence-corrected chi connectivity index (χ4v) is 3.03. The van der Waals surface area contributed by atoms with Crippen molar-refractivity contribution in [1.82, 2.24) is 0 Å². The molecule has 96 valence electrons. The van der Waals surface area contributed by atoms with E-state index < -0.39 is 0 Å². The Morgan fingerprint density at radius 3 is 2.47 bits per heavy atom. The van der Waals surface area contributed by atoms with E-state index in [-0.39, 0.29) is 5.78 Å². The normalized spacial score (nSPS) is 13.4. The molecule has 0 spiro atoms. The molecule has 0 saturated heterocycles. The summed E-state index contributed by atoms with van der Waals surface area (Å²) in [5.41, 5.74) is 4.13. The molecule has 2 aromatic carbocycles. The molecule has 0 atom stereocenters. The summed E-state index contributed by atoms with van der Waals surface area (Å²) in [4.78, 5) is 12.4. The van der Waals surface area contributed by atoms with Gasteiger partial charge in [-0.05, 0) is 77.2 Å². The van der Waals surface area contributed by atoms with Crippen LogP contribution in [0.5, 0.6) is 0 Å². The van der Waals surface area contributed by atoms with Gasteiger partial charge in [-0.15, -0.1) is 0 Å². The number of benzene rings is 2. The molecule has 1 nitrogen and oxygen atoms in total. The van der Waals surface area contributed by atoms with Crippen LogP contribution < -0.4 is 0 Å². The van der Waals surface area contributed by atoms with E-state index in [1.54, 1.807) is 6.07 Å². The summed E-state index contributed by atoms with van der Waals surface area (Å²) in [5, 5.41) is 0.632. The first kappa shape index (κ1) is 13.1. The summed E-state index contributed by atoms with van der Waals surface area (Å²) in [7, 11) is 0. The Morgan fingerprint density at radius 2 is 1.68 bits per heavy atom. The molecule has 0 aliphatic heterocycles. The molecule has 3 rings (SSSR count). The van der Waals surface area contributed by atoms with E-state index in [1.165, 1.54) is 17.5 Å². The van der Waals surface area contributed by atoms with Gasteiger partial charge in [-0.2, -0.15) is 0 Å². The van der Waals surface area contributed by atoms with Crippen molar-refractivity contribution in [3.05, 3.63) is 67.2 Å². The predicted molar refractivity (Wildman–Crippen MR) is 86.1 cm³/mol. The van der Waals surface area contributed by atoms with Crippen molar-refractivity contribution >= 4 is 40.0 Å². The van der Waals surface area contributed by atoms with Crippen LogP contribution in [0.25, 0.3) is 0 Å². The van der Waals surface area contributed by atoms with E-state index >= 15 is 0 Å². The Kier molecular flexibility index (Phi) is 3.63. The number of hydrogen-bond donors (Lipinski definition) is 0. The Balaban J connectivity index is 1.97. The number of carbonyl (C=O) groups is 1. The largest absolute Gasteiger partial charge is 0.289 e. The van der Waals surface area contributed by atoms with Gasteiger partial charge in [0.2, 0.25) is 0 Å². The summed E-state index contributed by atoms with van der Waals surface area (Å²) in [5.74, 6) is 0.0491. The first-order valence-electron chi connectivity index (χ1n) is 6.27. The number of fused-ring (bicyclic) bond motifs is 1. The van der Waals surface area contributed by atoms with Gasteiger partial charge >= 0.3 is 0 Å². The average molecular weight is 383 g/mol. The van der Waals surface area contributed by atoms with Gasteiger partial charge in [0.05, 0.1) is 5.02 Å². The van der Waals surface area contributed by atoms with Crippen LogP contribution in [0, 0.1) is 3.57 Å². The van der Waals surface area contributed by atoms with Crippen LogP contribution in [0.4, 0.5) is 0 Å². The van der Waals surface area contributed by atoms with Gasteiger partial charge in [-0.1, -0.05) is 23.7 Å². The molecule has 0 fully saturated rings. The van der Waals surface area contributed by atoms with Crippen LogP contribution in [0.3, 0.4) is 0 Å². The lowest BCUT2D eigenvalue weighted by molar-refractivity contribution is 0.103. The van der Waals surface area contributed by atoms with Gasteiger partial charge in [-0.25, -0.2) is 0 Å². The second-order valence-corrected chi connectivity index (χ2v) is 6.36. The van der Waals surface area contributed by atoms with Crippen LogP contribution in [-0.4, -0.2) is 5.78 Å². The Morgan fingerprint density at radius 1 is 1.00 bits per heavy atom. The molecule has 0 N–H and O–H groups in total. The fourth-order valence-electron chi connectivity index (χ4n) is 2.52. The molecular formula is C16H12ClIO. The van der Waals surface area contributed by atoms with Crippen molar-refractivity contribution in [2.24, 2.45) is 0 Å². The maximum atomic E-state index is 12.4. The summed E-state index contributed by atoms with van der Waals surface area (Å²) in [6.07, 6.45) is 3.42. The predicted octanol–water partition coefficient (Wildman–Crippen LogP) is 4.66. The third-order valence-corrected chi connectivity index (χ3v) is 5.11. The molecule has 19 heavy (non-hydrogen) atoms. The third kappa shape index (κ3) is 2.56. The highest BCUT2D eigenvalue weighted by Gasteiger charge is 2.15. The van der Waals surface area contributed by atoms with E-state index in [2.05, 4.69) is 28.7 Å². The Bertz CT molecular complexity index is 664. The molecule has 2 aromatic rings. The maximum absolute atomic E-state index is 12.4. The topological polar surface area (TPSA) is 17.1 Å². The maximum Gasteiger partial charge on any atom is 0.193 e. The second-order valence-electron chi connectivity index (χ2n) is 4.80. The van der Waals surface area contributed by atoms with Crippen molar-refractivity contribution in [3.8, 4) is 0 Å². The van der Waals surface area contributed by atoms with Gasteiger partial charge < -0.3 is 0 Å². The summed E-state index contributed by atoms with van der Waals surface area (Å²) in [6.45, 7) is 0. The first-order chi connectivity index (χ1) is 9.15. The Hall–Kier alpha value is -0.870. The molecular weight excluding hydrogens is 371 g/mol. The zero-order valence-corrected chi connectivity index (χ0v) is 13.2. The second kappa shape index (κ2) is 5.25. The minimum Gasteiger partial charge on any atom is -0.289 e. The van der Waals surface area contributed by atoms with Crippen LogP contribution in [0.2, 0.25) is 5.02 Å². The van der Waals surface area contributed by atoms with Crippen molar-refractivity contribution in [3.63, 3.8) is 0 Å². The van der Waals surface area contributed by atoms with Crippen LogP contribution in [0.15, 0.2) is 36.4 Å². The van der Waals surface area contributed by atoms with Crippen LogP contribution in [-0.2, 0) is 12.8 Å². The molecule has 0 unspecified atom stereocenters. The number of hydrogen-bond acceptors (Lipinski definition) is 1. The lowest BCUT2D eigenvalue weighted by atomic mass is 9.99. The summed E-state index contributed by atoms with van der Waals surface area (Å²) in [6, 6.07) is 11.5. The molecule has 1 aliphatic rings. The van der Waals surface area contributed by atoms with Gasteiger partial charge in [-0.3, -0.25) is 4.79 Å². The van der Waals surface area contributed by atoms with Crippen molar-refractivity contribution < 1.29 is 4.79 Å². The van der Waals surface area contributed by atoms with Gasteiger partial charge in [0, 0.05) is 14.7 Å². The lowest BCUT2D eigenvalue weighted by Gasteiger charge is -2.05. The smallest absolute Gasteiger partial charge is 0.193 e. The summed E-state index contributed by atoms with van der Waals surface area (Å²) >= 11 is 8.24. The minimum absolute atomic E-state index is 0.0491. The third-order valence-electron chi connectivity index (χ3n) is 3.54. The van der Waals surface area contributed by atoms with E-state index in [4.69, 9.17) is 11.6 Å². The molecule has 0 aromatic heterocycles. The van der Waals surface area contributed by atoms with Gasteiger partial charge in [0.1, 0.15) is 0 Å². The average Bonchev–Trinajstić information content (AvgIpc) is 2.88. The monoisotopic (exact) mass is 382 g/mol. The van der Waals surface area contributed by atoms with Crippen molar-refractivity contribution in [2.45, 2.75) is 19.3 Å². The number of ketones is 1. The van der Waals surface area contributed by atoms with Gasteiger partial charge in [0.25, 0.3) is 0 Å². The zero-order chi connectivity index (χ0) is 13.4. The first-order valence-corrected chi connectivity index (χ1v) is 7.72. The number of carbonyl (C=O) groups excluding carboxylic acids is 1. The zero-order valence-electron chi connectivity index (χ0n) is 10.2. The molecule has 0 heterocycles. The molecule has 0 saturated carbocycles. The Labute approximate surface area is 131 Å². The molecule has 1 aliphatic carbocycles. The molecule has 0 amide bonds. The highest BCUT2D eigenvalue weighted by Crippen LogP contribution is 2.25. The standard InChI is InChI=1S/C16H12ClIO/c17-14-9-13(6-7-15(14)18)16(19)12-5-4-10-2-1-3-11(10)8-12/h4-9H,1-3H2.